The van der Waals surface area contributed by atoms with E-state index in [1.807, 2.05) is 30.3 Å². The number of carboxylic acid groups (broad SMARTS) is 1. The van der Waals surface area contributed by atoms with E-state index < -0.39 is 23.5 Å². The maximum absolute atomic E-state index is 13.7. The molecule has 0 aromatic heterocycles. The lowest BCUT2D eigenvalue weighted by Gasteiger charge is -2.20. The molecule has 4 nitrogen and oxygen atoms in total. The number of allylic oxidation sites excluding steroid dienone is 1. The number of hydrogen-bond donors (Lipinski definition) is 2. The van der Waals surface area contributed by atoms with Crippen LogP contribution in [0.5, 0.6) is 5.75 Å². The van der Waals surface area contributed by atoms with Gasteiger partial charge in [0.25, 0.3) is 0 Å². The predicted molar refractivity (Wildman–Crippen MR) is 107 cm³/mol. The van der Waals surface area contributed by atoms with E-state index in [1.54, 1.807) is 6.92 Å². The molecule has 2 aromatic carbocycles. The van der Waals surface area contributed by atoms with E-state index >= 15 is 0 Å². The van der Waals surface area contributed by atoms with Crippen molar-refractivity contribution >= 4 is 5.97 Å². The van der Waals surface area contributed by atoms with Crippen molar-refractivity contribution in [2.45, 2.75) is 38.5 Å². The average molecular weight is 427 g/mol. The second-order valence-corrected chi connectivity index (χ2v) is 6.28. The lowest BCUT2D eigenvalue weighted by Crippen LogP contribution is -2.11. The van der Waals surface area contributed by atoms with Gasteiger partial charge in [-0.2, -0.15) is 13.2 Å². The van der Waals surface area contributed by atoms with Gasteiger partial charge >= 0.3 is 12.1 Å². The number of ether oxygens (including phenoxy) is 1. The van der Waals surface area contributed by atoms with Crippen LogP contribution < -0.4 is 10.5 Å². The van der Waals surface area contributed by atoms with Gasteiger partial charge in [0.1, 0.15) is 17.7 Å². The van der Waals surface area contributed by atoms with Gasteiger partial charge in [0, 0.05) is 12.1 Å². The monoisotopic (exact) mass is 427 g/mol. The Morgan fingerprint density at radius 1 is 1.17 bits per heavy atom. The number of carbonyl (C=O) groups is 1. The zero-order chi connectivity index (χ0) is 22.6. The average Bonchev–Trinajstić information content (AvgIpc) is 2.67. The second-order valence-electron chi connectivity index (χ2n) is 6.28. The summed E-state index contributed by atoms with van der Waals surface area (Å²) >= 11 is 0. The predicted octanol–water partition coefficient (Wildman–Crippen LogP) is 5.74. The summed E-state index contributed by atoms with van der Waals surface area (Å²) in [5, 5.41) is 7.83. The van der Waals surface area contributed by atoms with E-state index in [1.165, 1.54) is 6.08 Å². The molecule has 0 fully saturated rings. The Balaban J connectivity index is 0.000000656. The molecule has 1 unspecified atom stereocenters. The zero-order valence-electron chi connectivity index (χ0n) is 16.5. The summed E-state index contributed by atoms with van der Waals surface area (Å²) in [6.45, 7) is 2.21. The number of halogens is 4. The maximum Gasteiger partial charge on any atom is 0.419 e. The third kappa shape index (κ3) is 9.09. The lowest BCUT2D eigenvalue weighted by molar-refractivity contribution is -0.140. The smallest absolute Gasteiger partial charge is 0.419 e. The highest BCUT2D eigenvalue weighted by atomic mass is 19.4. The van der Waals surface area contributed by atoms with Crippen molar-refractivity contribution in [2.75, 3.05) is 6.54 Å². The summed E-state index contributed by atoms with van der Waals surface area (Å²) < 4.78 is 57.3. The van der Waals surface area contributed by atoms with Gasteiger partial charge in [0.05, 0.1) is 5.56 Å². The van der Waals surface area contributed by atoms with Crippen LogP contribution >= 0.6 is 0 Å². The Morgan fingerprint density at radius 3 is 2.30 bits per heavy atom. The van der Waals surface area contributed by atoms with Crippen molar-refractivity contribution in [3.05, 3.63) is 77.6 Å². The van der Waals surface area contributed by atoms with Crippen molar-refractivity contribution in [3.63, 3.8) is 0 Å². The highest BCUT2D eigenvalue weighted by Crippen LogP contribution is 2.34. The van der Waals surface area contributed by atoms with Gasteiger partial charge in [0.2, 0.25) is 0 Å². The topological polar surface area (TPSA) is 72.5 Å². The molecular weight excluding hydrogens is 402 g/mol. The summed E-state index contributed by atoms with van der Waals surface area (Å²) in [6, 6.07) is 11.9. The third-order valence-corrected chi connectivity index (χ3v) is 3.93. The molecule has 2 rings (SSSR count). The fourth-order valence-corrected chi connectivity index (χ4v) is 2.54. The molecule has 0 saturated heterocycles. The van der Waals surface area contributed by atoms with Crippen LogP contribution in [0.1, 0.15) is 43.4 Å². The Morgan fingerprint density at radius 2 is 1.83 bits per heavy atom. The molecule has 0 aliphatic heterocycles. The highest BCUT2D eigenvalue weighted by Gasteiger charge is 2.34. The van der Waals surface area contributed by atoms with Crippen LogP contribution in [0, 0.1) is 5.82 Å². The van der Waals surface area contributed by atoms with E-state index in [2.05, 4.69) is 0 Å². The van der Waals surface area contributed by atoms with Crippen LogP contribution in [0.15, 0.2) is 60.7 Å². The van der Waals surface area contributed by atoms with Crippen molar-refractivity contribution in [2.24, 2.45) is 5.73 Å². The Labute approximate surface area is 173 Å². The van der Waals surface area contributed by atoms with Crippen molar-refractivity contribution in [1.29, 1.82) is 0 Å². The van der Waals surface area contributed by atoms with E-state index in [4.69, 9.17) is 15.6 Å². The van der Waals surface area contributed by atoms with Crippen LogP contribution in [0.3, 0.4) is 0 Å². The molecule has 0 aliphatic rings. The molecule has 0 bridgehead atoms. The fourth-order valence-electron chi connectivity index (χ4n) is 2.54. The largest absolute Gasteiger partial charge is 0.486 e. The summed E-state index contributed by atoms with van der Waals surface area (Å²) in [4.78, 5) is 9.51. The molecular formula is C22H25F4NO3. The molecule has 0 aliphatic carbocycles. The minimum Gasteiger partial charge on any atom is -0.486 e. The Bertz CT molecular complexity index is 808. The van der Waals surface area contributed by atoms with E-state index in [-0.39, 0.29) is 11.9 Å². The minimum atomic E-state index is -4.72. The van der Waals surface area contributed by atoms with Gasteiger partial charge in [-0.05, 0) is 50.4 Å². The number of unbranched alkanes of at least 4 members (excludes halogenated alkanes) is 1. The number of aliphatic carboxylic acids is 1. The first-order valence-corrected chi connectivity index (χ1v) is 9.33. The van der Waals surface area contributed by atoms with E-state index in [0.717, 1.165) is 36.6 Å². The summed E-state index contributed by atoms with van der Waals surface area (Å²) in [7, 11) is 0. The van der Waals surface area contributed by atoms with Crippen LogP contribution in [-0.4, -0.2) is 17.6 Å². The molecule has 3 N–H and O–H groups in total. The van der Waals surface area contributed by atoms with Crippen molar-refractivity contribution in [3.8, 4) is 5.75 Å². The van der Waals surface area contributed by atoms with Gasteiger partial charge in [-0.15, -0.1) is 0 Å². The lowest BCUT2D eigenvalue weighted by atomic mass is 10.0. The number of carboxylic acids is 1. The molecule has 30 heavy (non-hydrogen) atoms. The molecule has 8 heteroatoms. The van der Waals surface area contributed by atoms with Crippen molar-refractivity contribution < 1.29 is 32.2 Å². The second kappa shape index (κ2) is 12.6. The molecule has 0 radical (unpaired) electrons. The summed E-state index contributed by atoms with van der Waals surface area (Å²) in [6.07, 6.45) is -0.268. The number of hydrogen-bond acceptors (Lipinski definition) is 3. The molecule has 0 spiro atoms. The van der Waals surface area contributed by atoms with E-state index in [0.29, 0.717) is 19.0 Å². The minimum absolute atomic E-state index is 0.0714. The van der Waals surface area contributed by atoms with Crippen molar-refractivity contribution in [1.82, 2.24) is 0 Å². The first kappa shape index (κ1) is 25.2. The normalized spacial score (nSPS) is 12.2. The molecule has 164 valence electrons. The molecule has 0 amide bonds. The SMILES string of the molecule is C/C=C\C(=O)O.NCCCCC(Oc1ccc(C(F)(F)F)c(F)c1)c1ccccc1. The first-order chi connectivity index (χ1) is 14.2. The number of benzene rings is 2. The van der Waals surface area contributed by atoms with Gasteiger partial charge in [-0.3, -0.25) is 0 Å². The Hall–Kier alpha value is -2.87. The number of rotatable bonds is 8. The van der Waals surface area contributed by atoms with Gasteiger partial charge in [-0.1, -0.05) is 36.4 Å². The number of alkyl halides is 3. The highest BCUT2D eigenvalue weighted by molar-refractivity contribution is 5.79. The van der Waals surface area contributed by atoms with Crippen LogP contribution in [0.2, 0.25) is 0 Å². The summed E-state index contributed by atoms with van der Waals surface area (Å²) in [5.74, 6) is -2.16. The van der Waals surface area contributed by atoms with Crippen LogP contribution in [0.25, 0.3) is 0 Å². The van der Waals surface area contributed by atoms with Gasteiger partial charge in [0.15, 0.2) is 0 Å². The van der Waals surface area contributed by atoms with Gasteiger partial charge in [-0.25, -0.2) is 9.18 Å². The van der Waals surface area contributed by atoms with Gasteiger partial charge < -0.3 is 15.6 Å². The van der Waals surface area contributed by atoms with Crippen LogP contribution in [-0.2, 0) is 11.0 Å². The summed E-state index contributed by atoms with van der Waals surface area (Å²) in [5.41, 5.74) is 5.07. The zero-order valence-corrected chi connectivity index (χ0v) is 16.5. The third-order valence-electron chi connectivity index (χ3n) is 3.93. The molecule has 2 aromatic rings. The molecule has 0 heterocycles. The maximum atomic E-state index is 13.7. The fraction of sp³-hybridized carbons (Fsp3) is 0.318. The molecule has 0 saturated carbocycles. The standard InChI is InChI=1S/C18H19F4NO.C4H6O2/c19-16-12-14(9-10-15(16)18(20,21)22)24-17(8-4-5-11-23)13-6-2-1-3-7-13;1-2-3-4(5)6/h1-3,6-7,9-10,12,17H,4-5,8,11,23H2;2-3H,1H3,(H,5,6)/b;3-2-. The Kier molecular flexibility index (Phi) is 10.6. The quantitative estimate of drug-likeness (QED) is 0.320. The van der Waals surface area contributed by atoms with Crippen LogP contribution in [0.4, 0.5) is 17.6 Å². The number of nitrogens with two attached hydrogens (primary N) is 1. The first-order valence-electron chi connectivity index (χ1n) is 9.33. The molecule has 1 atom stereocenters. The van der Waals surface area contributed by atoms with E-state index in [9.17, 15) is 22.4 Å².